The lowest BCUT2D eigenvalue weighted by Gasteiger charge is -2.47. The minimum atomic E-state index is -0.121. The summed E-state index contributed by atoms with van der Waals surface area (Å²) < 4.78 is 7.48. The van der Waals surface area contributed by atoms with Gasteiger partial charge in [0.2, 0.25) is 0 Å². The van der Waals surface area contributed by atoms with Gasteiger partial charge in [0.1, 0.15) is 5.58 Å². The van der Waals surface area contributed by atoms with Crippen LogP contribution in [0.4, 0.5) is 34.1 Å². The summed E-state index contributed by atoms with van der Waals surface area (Å²) in [7, 11) is 0. The van der Waals surface area contributed by atoms with Crippen molar-refractivity contribution < 1.29 is 4.42 Å². The van der Waals surface area contributed by atoms with Crippen molar-refractivity contribution in [3.05, 3.63) is 124 Å². The van der Waals surface area contributed by atoms with Crippen molar-refractivity contribution >= 4 is 68.4 Å². The molecule has 332 valence electrons. The van der Waals surface area contributed by atoms with Gasteiger partial charge in [0.15, 0.2) is 0 Å². The number of hydrogen-bond acceptors (Lipinski definition) is 3. The van der Waals surface area contributed by atoms with Gasteiger partial charge in [-0.1, -0.05) is 154 Å². The number of furan rings is 1. The predicted octanol–water partition coefficient (Wildman–Crippen LogP) is 15.1. The lowest BCUT2D eigenvalue weighted by molar-refractivity contribution is 0.332. The van der Waals surface area contributed by atoms with E-state index in [9.17, 15) is 0 Å². The van der Waals surface area contributed by atoms with Crippen molar-refractivity contribution in [3.63, 3.8) is 0 Å². The van der Waals surface area contributed by atoms with Crippen LogP contribution in [0.1, 0.15) is 182 Å². The SMILES string of the molecule is CC(C)(C)c1cc2c3c(c1)N(c1ccccc1C(C)(C)C)c1c(oc4ccc(C(C)(C)C)cc14)B3c1cc3c(cc1N2c1ccc2c(c1)C(C)(C)CCC2(C)C)C(C)(C)CCC3(C)C. The number of rotatable bonds is 2. The molecule has 0 bridgehead atoms. The Balaban J connectivity index is 1.39. The predicted molar refractivity (Wildman–Crippen MR) is 277 cm³/mol. The lowest BCUT2D eigenvalue weighted by Crippen LogP contribution is -2.61. The van der Waals surface area contributed by atoms with Crippen LogP contribution in [0, 0.1) is 0 Å². The van der Waals surface area contributed by atoms with Gasteiger partial charge < -0.3 is 14.2 Å². The standard InChI is InChI=1S/C60H73BN2O/c1-54(2,3)36-22-25-50-39(30-36)52-53(64-50)61-45-34-43-44(60(16,17)29-28-59(43,14)15)35-47(45)62(38-23-24-40-42(33-38)58(12,13)27-26-57(40,10)11)48-31-37(55(4,5)6)32-49(51(48)61)63(52)46-21-19-18-20-41(46)56(7,8)9/h18-25,30-35H,26-29H2,1-17H3. The summed E-state index contributed by atoms with van der Waals surface area (Å²) in [6, 6.07) is 34.0. The molecule has 0 amide bonds. The summed E-state index contributed by atoms with van der Waals surface area (Å²) in [6.07, 6.45) is 4.70. The van der Waals surface area contributed by atoms with Gasteiger partial charge in [0, 0.05) is 33.8 Å². The van der Waals surface area contributed by atoms with Crippen LogP contribution >= 0.6 is 0 Å². The second-order valence-corrected chi connectivity index (χ2v) is 26.0. The second kappa shape index (κ2) is 13.5. The summed E-state index contributed by atoms with van der Waals surface area (Å²) >= 11 is 0. The van der Waals surface area contributed by atoms with Crippen LogP contribution in [0.25, 0.3) is 11.0 Å². The average Bonchev–Trinajstić information content (AvgIpc) is 3.58. The van der Waals surface area contributed by atoms with E-state index in [1.165, 1.54) is 102 Å². The molecule has 0 radical (unpaired) electrons. The van der Waals surface area contributed by atoms with E-state index in [0.29, 0.717) is 0 Å². The molecular weight excluding hydrogens is 775 g/mol. The van der Waals surface area contributed by atoms with Gasteiger partial charge in [-0.05, 0) is 162 Å². The van der Waals surface area contributed by atoms with Crippen molar-refractivity contribution in [2.24, 2.45) is 0 Å². The highest BCUT2D eigenvalue weighted by atomic mass is 16.3. The molecule has 0 fully saturated rings. The largest absolute Gasteiger partial charge is 0.468 e. The molecule has 2 aliphatic heterocycles. The van der Waals surface area contributed by atoms with Gasteiger partial charge in [-0.15, -0.1) is 0 Å². The molecule has 64 heavy (non-hydrogen) atoms. The molecule has 2 aliphatic carbocycles. The first-order valence-electron chi connectivity index (χ1n) is 24.4. The molecule has 5 aromatic carbocycles. The third-order valence-corrected chi connectivity index (χ3v) is 16.4. The summed E-state index contributed by atoms with van der Waals surface area (Å²) in [6.45, 7) is 40.8. The van der Waals surface area contributed by atoms with Crippen LogP contribution in [0.5, 0.6) is 0 Å². The molecular formula is C60H73BN2O. The minimum absolute atomic E-state index is 0.0281. The maximum atomic E-state index is 7.48. The van der Waals surface area contributed by atoms with Crippen molar-refractivity contribution in [1.82, 2.24) is 0 Å². The molecule has 0 unspecified atom stereocenters. The Bertz CT molecular complexity index is 2920. The quantitative estimate of drug-likeness (QED) is 0.162. The van der Waals surface area contributed by atoms with E-state index in [1.54, 1.807) is 0 Å². The van der Waals surface area contributed by atoms with Gasteiger partial charge in [-0.3, -0.25) is 0 Å². The van der Waals surface area contributed by atoms with E-state index in [2.05, 4.69) is 212 Å². The highest BCUT2D eigenvalue weighted by molar-refractivity contribution is 7.00. The molecule has 0 atom stereocenters. The Morgan fingerprint density at radius 1 is 0.484 bits per heavy atom. The Labute approximate surface area is 386 Å². The zero-order valence-electron chi connectivity index (χ0n) is 42.3. The van der Waals surface area contributed by atoms with E-state index in [0.717, 1.165) is 24.1 Å². The van der Waals surface area contributed by atoms with Crippen molar-refractivity contribution in [2.45, 2.75) is 181 Å². The molecule has 0 saturated heterocycles. The average molecular weight is 849 g/mol. The molecule has 0 N–H and O–H groups in total. The number of benzene rings is 5. The minimum Gasteiger partial charge on any atom is -0.468 e. The van der Waals surface area contributed by atoms with Crippen LogP contribution < -0.4 is 26.4 Å². The summed E-state index contributed by atoms with van der Waals surface area (Å²) in [5, 5.41) is 1.18. The van der Waals surface area contributed by atoms with Crippen LogP contribution in [-0.4, -0.2) is 6.71 Å². The maximum Gasteiger partial charge on any atom is 0.297 e. The number of nitrogens with zero attached hydrogens (tertiary/aromatic N) is 2. The molecule has 0 saturated carbocycles. The number of fused-ring (bicyclic) bond motifs is 8. The zero-order chi connectivity index (χ0) is 46.1. The van der Waals surface area contributed by atoms with Gasteiger partial charge in [-0.25, -0.2) is 0 Å². The van der Waals surface area contributed by atoms with E-state index in [-0.39, 0.29) is 44.6 Å². The van der Waals surface area contributed by atoms with E-state index in [4.69, 9.17) is 4.42 Å². The van der Waals surface area contributed by atoms with Crippen LogP contribution in [0.2, 0.25) is 0 Å². The molecule has 10 rings (SSSR count). The highest BCUT2D eigenvalue weighted by Crippen LogP contribution is 2.54. The van der Waals surface area contributed by atoms with Crippen LogP contribution in [0.15, 0.2) is 89.3 Å². The van der Waals surface area contributed by atoms with Crippen molar-refractivity contribution in [1.29, 1.82) is 0 Å². The van der Waals surface area contributed by atoms with Gasteiger partial charge in [-0.2, -0.15) is 0 Å². The topological polar surface area (TPSA) is 19.6 Å². The first-order valence-corrected chi connectivity index (χ1v) is 24.4. The fraction of sp³-hybridized carbons (Fsp3) is 0.467. The molecule has 4 aliphatic rings. The molecule has 6 aromatic rings. The van der Waals surface area contributed by atoms with E-state index < -0.39 is 0 Å². The molecule has 0 spiro atoms. The van der Waals surface area contributed by atoms with Gasteiger partial charge in [0.05, 0.1) is 11.3 Å². The molecule has 3 nitrogen and oxygen atoms in total. The number of para-hydroxylation sites is 1. The fourth-order valence-electron chi connectivity index (χ4n) is 12.0. The smallest absolute Gasteiger partial charge is 0.297 e. The Kier molecular flexibility index (Phi) is 9.08. The van der Waals surface area contributed by atoms with Crippen LogP contribution in [-0.2, 0) is 37.9 Å². The van der Waals surface area contributed by atoms with E-state index in [1.807, 2.05) is 0 Å². The molecule has 3 heterocycles. The third-order valence-electron chi connectivity index (χ3n) is 16.4. The normalized spacial score (nSPS) is 19.2. The highest BCUT2D eigenvalue weighted by Gasteiger charge is 2.50. The summed E-state index contributed by atoms with van der Waals surface area (Å²) in [5.41, 5.74) is 22.1. The number of anilines is 6. The summed E-state index contributed by atoms with van der Waals surface area (Å²) in [4.78, 5) is 5.32. The van der Waals surface area contributed by atoms with E-state index >= 15 is 0 Å². The van der Waals surface area contributed by atoms with Crippen molar-refractivity contribution in [2.75, 3.05) is 9.80 Å². The zero-order valence-corrected chi connectivity index (χ0v) is 42.3. The maximum absolute atomic E-state index is 7.48. The molecule has 1 aromatic heterocycles. The van der Waals surface area contributed by atoms with Gasteiger partial charge >= 0.3 is 0 Å². The number of hydrogen-bond donors (Lipinski definition) is 0. The van der Waals surface area contributed by atoms with Crippen molar-refractivity contribution in [3.8, 4) is 0 Å². The van der Waals surface area contributed by atoms with Gasteiger partial charge in [0.25, 0.3) is 6.71 Å². The monoisotopic (exact) mass is 849 g/mol. The van der Waals surface area contributed by atoms with Crippen LogP contribution in [0.3, 0.4) is 0 Å². The fourth-order valence-corrected chi connectivity index (χ4v) is 12.0. The Morgan fingerprint density at radius 2 is 1.03 bits per heavy atom. The molecule has 4 heteroatoms. The summed E-state index contributed by atoms with van der Waals surface area (Å²) in [5.74, 6) is 0. The second-order valence-electron chi connectivity index (χ2n) is 26.0. The first kappa shape index (κ1) is 43.2. The first-order chi connectivity index (χ1) is 29.6. The third kappa shape index (κ3) is 6.41. The Hall–Kier alpha value is -4.70. The Morgan fingerprint density at radius 3 is 1.62 bits per heavy atom. The lowest BCUT2D eigenvalue weighted by atomic mass is 9.35.